The minimum absolute atomic E-state index is 0.258. The van der Waals surface area contributed by atoms with E-state index in [1.54, 1.807) is 0 Å². The summed E-state index contributed by atoms with van der Waals surface area (Å²) in [6, 6.07) is -0.563. The Morgan fingerprint density at radius 3 is 2.12 bits per heavy atom. The van der Waals surface area contributed by atoms with Gasteiger partial charge in [-0.25, -0.2) is 0 Å². The highest BCUT2D eigenvalue weighted by molar-refractivity contribution is 5.47. The number of hydrogen-bond acceptors (Lipinski definition) is 3. The van der Waals surface area contributed by atoms with E-state index in [0.717, 1.165) is 0 Å². The number of aliphatic hydroxyl groups is 2. The molecule has 0 heterocycles. The smallest absolute Gasteiger partial charge is 0.394 e. The highest BCUT2D eigenvalue weighted by atomic mass is 16.3. The fourth-order valence-electron chi connectivity index (χ4n) is 0.232. The zero-order valence-corrected chi connectivity index (χ0v) is 4.29. The average Bonchev–Trinajstić information content (AvgIpc) is 1.83. The Balaban J connectivity index is 3.20. The first-order chi connectivity index (χ1) is 3.85. The summed E-state index contributed by atoms with van der Waals surface area (Å²) in [5.74, 6) is 0. The normalized spacial score (nSPS) is 8.88. The van der Waals surface area contributed by atoms with E-state index < -0.39 is 6.04 Å². The standard InChI is InChI=1S/C4H8NO3/c6-1-4(2-7)5-3-8/h4,6-7H,1-2H2,(H,5,8)/q+1. The number of rotatable bonds is 4. The molecular weight excluding hydrogens is 110 g/mol. The summed E-state index contributed by atoms with van der Waals surface area (Å²) in [6.07, 6.45) is 1.35. The van der Waals surface area contributed by atoms with E-state index in [4.69, 9.17) is 10.2 Å². The lowest BCUT2D eigenvalue weighted by atomic mass is 10.3. The maximum atomic E-state index is 9.47. The number of amides is 1. The Labute approximate surface area is 47.1 Å². The van der Waals surface area contributed by atoms with Gasteiger partial charge in [0, 0.05) is 0 Å². The van der Waals surface area contributed by atoms with Gasteiger partial charge in [-0.05, 0) is 0 Å². The van der Waals surface area contributed by atoms with Crippen molar-refractivity contribution in [3.8, 4) is 0 Å². The molecule has 0 aromatic rings. The number of hydrogen-bond donors (Lipinski definition) is 3. The van der Waals surface area contributed by atoms with Gasteiger partial charge in [0.1, 0.15) is 6.04 Å². The van der Waals surface area contributed by atoms with Gasteiger partial charge in [0.2, 0.25) is 0 Å². The molecule has 0 aromatic heterocycles. The third-order valence-electron chi connectivity index (χ3n) is 0.704. The number of carbonyl (C=O) groups excluding carboxylic acids is 1. The van der Waals surface area contributed by atoms with Gasteiger partial charge in [0.15, 0.2) is 0 Å². The molecule has 0 saturated heterocycles. The third kappa shape index (κ3) is 2.47. The van der Waals surface area contributed by atoms with Crippen LogP contribution < -0.4 is 5.32 Å². The summed E-state index contributed by atoms with van der Waals surface area (Å²) in [5.41, 5.74) is 0. The zero-order valence-electron chi connectivity index (χ0n) is 4.29. The lowest BCUT2D eigenvalue weighted by Crippen LogP contribution is -2.34. The van der Waals surface area contributed by atoms with Crippen LogP contribution in [0.25, 0.3) is 0 Å². The summed E-state index contributed by atoms with van der Waals surface area (Å²) < 4.78 is 0. The summed E-state index contributed by atoms with van der Waals surface area (Å²) in [4.78, 5) is 9.47. The van der Waals surface area contributed by atoms with Crippen molar-refractivity contribution in [2.45, 2.75) is 6.04 Å². The third-order valence-corrected chi connectivity index (χ3v) is 0.704. The molecule has 0 aliphatic carbocycles. The summed E-state index contributed by atoms with van der Waals surface area (Å²) in [6.45, 7) is -0.516. The molecule has 8 heavy (non-hydrogen) atoms. The Morgan fingerprint density at radius 2 is 2.00 bits per heavy atom. The average molecular weight is 118 g/mol. The molecular formula is C4H8NO3+. The molecule has 0 aliphatic heterocycles. The van der Waals surface area contributed by atoms with Crippen molar-refractivity contribution in [1.29, 1.82) is 0 Å². The van der Waals surface area contributed by atoms with Crippen LogP contribution in [-0.4, -0.2) is 35.9 Å². The second-order valence-electron chi connectivity index (χ2n) is 1.31. The van der Waals surface area contributed by atoms with Crippen LogP contribution in [0.4, 0.5) is 0 Å². The van der Waals surface area contributed by atoms with Gasteiger partial charge in [-0.3, -0.25) is 0 Å². The van der Waals surface area contributed by atoms with Gasteiger partial charge in [-0.1, -0.05) is 0 Å². The van der Waals surface area contributed by atoms with Gasteiger partial charge >= 0.3 is 6.41 Å². The maximum absolute atomic E-state index is 9.47. The predicted octanol–water partition coefficient (Wildman–Crippen LogP) is -2.00. The molecule has 0 rings (SSSR count). The molecule has 0 saturated carbocycles. The first kappa shape index (κ1) is 7.30. The lowest BCUT2D eigenvalue weighted by Gasteiger charge is -1.98. The Hall–Kier alpha value is -0.700. The molecule has 0 bridgehead atoms. The van der Waals surface area contributed by atoms with Crippen LogP contribution in [0.2, 0.25) is 0 Å². The molecule has 0 aliphatic rings. The molecule has 0 fully saturated rings. The molecule has 4 heteroatoms. The van der Waals surface area contributed by atoms with E-state index in [0.29, 0.717) is 0 Å². The summed E-state index contributed by atoms with van der Waals surface area (Å²) in [5, 5.41) is 18.6. The minimum atomic E-state index is -0.563. The van der Waals surface area contributed by atoms with E-state index in [2.05, 4.69) is 5.32 Å². The van der Waals surface area contributed by atoms with E-state index in [9.17, 15) is 4.79 Å². The van der Waals surface area contributed by atoms with Crippen molar-refractivity contribution in [2.75, 3.05) is 13.2 Å². The largest absolute Gasteiger partial charge is 0.665 e. The Morgan fingerprint density at radius 1 is 1.50 bits per heavy atom. The van der Waals surface area contributed by atoms with Gasteiger partial charge in [0.25, 0.3) is 0 Å². The fourth-order valence-corrected chi connectivity index (χ4v) is 0.232. The Bertz CT molecular complexity index is 62.3. The van der Waals surface area contributed by atoms with Gasteiger partial charge in [-0.2, -0.15) is 0 Å². The second kappa shape index (κ2) is 4.46. The number of nitrogens with one attached hydrogen (secondary N) is 1. The quantitative estimate of drug-likeness (QED) is 0.295. The van der Waals surface area contributed by atoms with E-state index in [-0.39, 0.29) is 13.2 Å². The van der Waals surface area contributed by atoms with E-state index in [1.165, 1.54) is 6.41 Å². The molecule has 0 atom stereocenters. The first-order valence-corrected chi connectivity index (χ1v) is 2.19. The van der Waals surface area contributed by atoms with Crippen LogP contribution in [0.5, 0.6) is 0 Å². The fraction of sp³-hybridized carbons (Fsp3) is 0.750. The summed E-state index contributed by atoms with van der Waals surface area (Å²) in [7, 11) is 0. The predicted molar refractivity (Wildman–Crippen MR) is 26.8 cm³/mol. The van der Waals surface area contributed by atoms with Gasteiger partial charge < -0.3 is 10.2 Å². The van der Waals surface area contributed by atoms with Crippen molar-refractivity contribution < 1.29 is 15.0 Å². The van der Waals surface area contributed by atoms with Crippen molar-refractivity contribution in [1.82, 2.24) is 5.32 Å². The molecule has 3 N–H and O–H groups in total. The monoisotopic (exact) mass is 118 g/mol. The second-order valence-corrected chi connectivity index (χ2v) is 1.31. The van der Waals surface area contributed by atoms with Crippen LogP contribution in [0, 0.1) is 0 Å². The van der Waals surface area contributed by atoms with Crippen LogP contribution in [0.3, 0.4) is 0 Å². The molecule has 46 valence electrons. The Kier molecular flexibility index (Phi) is 4.07. The molecule has 0 aromatic carbocycles. The van der Waals surface area contributed by atoms with Crippen molar-refractivity contribution in [3.63, 3.8) is 0 Å². The van der Waals surface area contributed by atoms with E-state index >= 15 is 0 Å². The van der Waals surface area contributed by atoms with Crippen molar-refractivity contribution >= 4 is 6.41 Å². The SMILES string of the molecule is O=[C+]NC(CO)CO. The van der Waals surface area contributed by atoms with Crippen LogP contribution in [0.1, 0.15) is 0 Å². The highest BCUT2D eigenvalue weighted by Gasteiger charge is 2.09. The van der Waals surface area contributed by atoms with E-state index in [1.807, 2.05) is 0 Å². The van der Waals surface area contributed by atoms with Gasteiger partial charge in [0.05, 0.1) is 18.0 Å². The molecule has 0 unspecified atom stereocenters. The zero-order chi connectivity index (χ0) is 6.41. The topological polar surface area (TPSA) is 69.6 Å². The van der Waals surface area contributed by atoms with Crippen LogP contribution in [0.15, 0.2) is 0 Å². The number of aliphatic hydroxyl groups excluding tert-OH is 2. The first-order valence-electron chi connectivity index (χ1n) is 2.19. The molecule has 0 radical (unpaired) electrons. The minimum Gasteiger partial charge on any atom is -0.394 e. The van der Waals surface area contributed by atoms with Crippen LogP contribution >= 0.6 is 0 Å². The summed E-state index contributed by atoms with van der Waals surface area (Å²) >= 11 is 0. The highest BCUT2D eigenvalue weighted by Crippen LogP contribution is 1.73. The molecule has 1 amide bonds. The lowest BCUT2D eigenvalue weighted by molar-refractivity contribution is 0.182. The maximum Gasteiger partial charge on any atom is 0.665 e. The molecule has 0 spiro atoms. The van der Waals surface area contributed by atoms with Crippen molar-refractivity contribution in [3.05, 3.63) is 0 Å². The van der Waals surface area contributed by atoms with Crippen LogP contribution in [-0.2, 0) is 4.79 Å². The van der Waals surface area contributed by atoms with Crippen molar-refractivity contribution in [2.24, 2.45) is 0 Å². The molecule has 4 nitrogen and oxygen atoms in total. The van der Waals surface area contributed by atoms with Gasteiger partial charge in [-0.15, -0.1) is 5.32 Å².